The molecule has 0 radical (unpaired) electrons. The summed E-state index contributed by atoms with van der Waals surface area (Å²) in [5, 5.41) is 4.09. The van der Waals surface area contributed by atoms with Gasteiger partial charge in [0.15, 0.2) is 5.82 Å². The second-order valence-electron chi connectivity index (χ2n) is 5.39. The van der Waals surface area contributed by atoms with Crippen molar-refractivity contribution < 1.29 is 9.26 Å². The van der Waals surface area contributed by atoms with Crippen LogP contribution in [-0.4, -0.2) is 23.3 Å². The molecule has 0 amide bonds. The summed E-state index contributed by atoms with van der Waals surface area (Å²) in [4.78, 5) is 4.43. The van der Waals surface area contributed by atoms with Crippen molar-refractivity contribution in [2.75, 3.05) is 13.2 Å². The van der Waals surface area contributed by atoms with E-state index >= 15 is 0 Å². The van der Waals surface area contributed by atoms with Crippen LogP contribution in [0.25, 0.3) is 0 Å². The summed E-state index contributed by atoms with van der Waals surface area (Å²) < 4.78 is 10.5. The first kappa shape index (κ1) is 14.5. The van der Waals surface area contributed by atoms with Crippen molar-refractivity contribution in [1.29, 1.82) is 0 Å². The number of nitrogens with two attached hydrogens (primary N) is 1. The largest absolute Gasteiger partial charge is 0.370 e. The molecular weight excluding hydrogens is 242 g/mol. The van der Waals surface area contributed by atoms with E-state index in [0.29, 0.717) is 31.6 Å². The minimum Gasteiger partial charge on any atom is -0.370 e. The van der Waals surface area contributed by atoms with Crippen molar-refractivity contribution in [2.45, 2.75) is 58.0 Å². The molecule has 0 unspecified atom stereocenters. The molecule has 1 saturated carbocycles. The van der Waals surface area contributed by atoms with E-state index < -0.39 is 0 Å². The molecule has 0 bridgehead atoms. The minimum absolute atomic E-state index is 0.370. The van der Waals surface area contributed by atoms with Crippen molar-refractivity contribution in [1.82, 2.24) is 10.1 Å². The number of ether oxygens (including phenoxy) is 1. The maximum Gasteiger partial charge on any atom is 0.252 e. The molecule has 0 spiro atoms. The molecule has 108 valence electrons. The third kappa shape index (κ3) is 4.28. The lowest BCUT2D eigenvalue weighted by Gasteiger charge is -2.26. The molecule has 2 rings (SSSR count). The van der Waals surface area contributed by atoms with Gasteiger partial charge in [0, 0.05) is 12.5 Å². The van der Waals surface area contributed by atoms with Gasteiger partial charge >= 0.3 is 0 Å². The van der Waals surface area contributed by atoms with Crippen LogP contribution in [0.5, 0.6) is 0 Å². The van der Waals surface area contributed by atoms with E-state index in [9.17, 15) is 0 Å². The Hall–Kier alpha value is -0.940. The molecule has 0 atom stereocenters. The van der Waals surface area contributed by atoms with Crippen LogP contribution in [0.2, 0.25) is 0 Å². The van der Waals surface area contributed by atoms with Crippen LogP contribution in [0.15, 0.2) is 4.52 Å². The molecule has 5 heteroatoms. The van der Waals surface area contributed by atoms with E-state index in [-0.39, 0.29) is 0 Å². The lowest BCUT2D eigenvalue weighted by Crippen LogP contribution is -2.14. The van der Waals surface area contributed by atoms with E-state index in [1.807, 2.05) is 0 Å². The van der Waals surface area contributed by atoms with Gasteiger partial charge in [0.1, 0.15) is 6.61 Å². The fraction of sp³-hybridized carbons (Fsp3) is 0.857. The average molecular weight is 267 g/mol. The van der Waals surface area contributed by atoms with Crippen LogP contribution in [0.4, 0.5) is 0 Å². The number of hydrogen-bond acceptors (Lipinski definition) is 5. The number of nitrogens with zero attached hydrogens (tertiary/aromatic N) is 2. The van der Waals surface area contributed by atoms with Gasteiger partial charge in [-0.1, -0.05) is 24.9 Å². The summed E-state index contributed by atoms with van der Waals surface area (Å²) >= 11 is 0. The van der Waals surface area contributed by atoms with E-state index in [2.05, 4.69) is 17.1 Å². The van der Waals surface area contributed by atoms with Crippen molar-refractivity contribution in [3.63, 3.8) is 0 Å². The number of aromatic nitrogens is 2. The van der Waals surface area contributed by atoms with Gasteiger partial charge in [-0.05, 0) is 31.6 Å². The highest BCUT2D eigenvalue weighted by molar-refractivity contribution is 4.97. The quantitative estimate of drug-likeness (QED) is 0.769. The van der Waals surface area contributed by atoms with Gasteiger partial charge in [0.05, 0.1) is 6.61 Å². The first-order chi connectivity index (χ1) is 9.33. The molecule has 2 N–H and O–H groups in total. The van der Waals surface area contributed by atoms with E-state index in [0.717, 1.165) is 11.7 Å². The highest BCUT2D eigenvalue weighted by Gasteiger charge is 2.25. The maximum atomic E-state index is 5.36. The Labute approximate surface area is 114 Å². The smallest absolute Gasteiger partial charge is 0.252 e. The molecule has 1 aromatic rings. The summed E-state index contributed by atoms with van der Waals surface area (Å²) in [5.74, 6) is 2.81. The molecule has 0 saturated heterocycles. The maximum absolute atomic E-state index is 5.36. The van der Waals surface area contributed by atoms with Gasteiger partial charge in [0.25, 0.3) is 5.89 Å². The summed E-state index contributed by atoms with van der Waals surface area (Å²) in [6.07, 6.45) is 7.62. The molecule has 19 heavy (non-hydrogen) atoms. The lowest BCUT2D eigenvalue weighted by atomic mass is 9.80. The van der Waals surface area contributed by atoms with Crippen molar-refractivity contribution in [3.05, 3.63) is 11.7 Å². The Morgan fingerprint density at radius 1 is 1.32 bits per heavy atom. The average Bonchev–Trinajstić information content (AvgIpc) is 2.89. The molecule has 1 fully saturated rings. The second-order valence-corrected chi connectivity index (χ2v) is 5.39. The minimum atomic E-state index is 0.370. The van der Waals surface area contributed by atoms with Gasteiger partial charge in [-0.25, -0.2) is 0 Å². The van der Waals surface area contributed by atoms with Crippen LogP contribution in [-0.2, 0) is 11.3 Å². The van der Waals surface area contributed by atoms with E-state index in [4.69, 9.17) is 15.0 Å². The molecule has 0 aromatic carbocycles. The molecule has 1 aliphatic carbocycles. The zero-order chi connectivity index (χ0) is 13.5. The Bertz CT molecular complexity index is 359. The number of hydrogen-bond donors (Lipinski definition) is 1. The van der Waals surface area contributed by atoms with Gasteiger partial charge in [0.2, 0.25) is 0 Å². The van der Waals surface area contributed by atoms with E-state index in [1.165, 1.54) is 38.5 Å². The standard InChI is InChI=1S/C14H25N3O2/c1-2-3-11-4-6-12(7-5-11)14-16-13(19-17-14)10-18-9-8-15/h11-12H,2-10,15H2,1H3. The topological polar surface area (TPSA) is 74.2 Å². The van der Waals surface area contributed by atoms with Crippen molar-refractivity contribution >= 4 is 0 Å². The molecular formula is C14H25N3O2. The summed E-state index contributed by atoms with van der Waals surface area (Å²) in [7, 11) is 0. The monoisotopic (exact) mass is 267 g/mol. The van der Waals surface area contributed by atoms with Crippen molar-refractivity contribution in [3.8, 4) is 0 Å². The third-order valence-electron chi connectivity index (χ3n) is 3.88. The zero-order valence-electron chi connectivity index (χ0n) is 11.8. The SMILES string of the molecule is CCCC1CCC(c2noc(COCCN)n2)CC1. The highest BCUT2D eigenvalue weighted by Crippen LogP contribution is 2.36. The normalized spacial score (nSPS) is 23.7. The van der Waals surface area contributed by atoms with Crippen LogP contribution in [0.3, 0.4) is 0 Å². The number of rotatable bonds is 7. The predicted molar refractivity (Wildman–Crippen MR) is 72.6 cm³/mol. The highest BCUT2D eigenvalue weighted by atomic mass is 16.5. The second kappa shape index (κ2) is 7.60. The van der Waals surface area contributed by atoms with Gasteiger partial charge in [-0.15, -0.1) is 0 Å². The van der Waals surface area contributed by atoms with Crippen molar-refractivity contribution in [2.24, 2.45) is 11.7 Å². The molecule has 0 aliphatic heterocycles. The Kier molecular flexibility index (Phi) is 5.79. The van der Waals surface area contributed by atoms with Crippen LogP contribution < -0.4 is 5.73 Å². The van der Waals surface area contributed by atoms with Crippen LogP contribution in [0.1, 0.15) is 63.1 Å². The lowest BCUT2D eigenvalue weighted by molar-refractivity contribution is 0.104. The van der Waals surface area contributed by atoms with Gasteiger partial charge in [-0.2, -0.15) is 4.98 Å². The molecule has 1 aromatic heterocycles. The first-order valence-corrected chi connectivity index (χ1v) is 7.43. The Balaban J connectivity index is 1.79. The van der Waals surface area contributed by atoms with E-state index in [1.54, 1.807) is 0 Å². The van der Waals surface area contributed by atoms with Crippen LogP contribution in [0, 0.1) is 5.92 Å². The van der Waals surface area contributed by atoms with Gasteiger partial charge < -0.3 is 15.0 Å². The van der Waals surface area contributed by atoms with Gasteiger partial charge in [-0.3, -0.25) is 0 Å². The fourth-order valence-electron chi connectivity index (χ4n) is 2.85. The fourth-order valence-corrected chi connectivity index (χ4v) is 2.85. The summed E-state index contributed by atoms with van der Waals surface area (Å²) in [6.45, 7) is 3.68. The Morgan fingerprint density at radius 3 is 2.79 bits per heavy atom. The molecule has 1 aliphatic rings. The van der Waals surface area contributed by atoms with Crippen LogP contribution >= 0.6 is 0 Å². The molecule has 5 nitrogen and oxygen atoms in total. The zero-order valence-corrected chi connectivity index (χ0v) is 11.8. The first-order valence-electron chi connectivity index (χ1n) is 7.43. The molecule has 1 heterocycles. The third-order valence-corrected chi connectivity index (χ3v) is 3.88. The predicted octanol–water partition coefficient (Wildman–Crippen LogP) is 2.62. The summed E-state index contributed by atoms with van der Waals surface area (Å²) in [6, 6.07) is 0. The Morgan fingerprint density at radius 2 is 2.11 bits per heavy atom. The summed E-state index contributed by atoms with van der Waals surface area (Å²) in [5.41, 5.74) is 5.36.